The Morgan fingerprint density at radius 2 is 2.20 bits per heavy atom. The van der Waals surface area contributed by atoms with E-state index in [9.17, 15) is 15.0 Å². The summed E-state index contributed by atoms with van der Waals surface area (Å²) in [5.74, 6) is 0.121. The van der Waals surface area contributed by atoms with Crippen molar-refractivity contribution in [2.75, 3.05) is 13.2 Å². The summed E-state index contributed by atoms with van der Waals surface area (Å²) < 4.78 is 0. The van der Waals surface area contributed by atoms with Gasteiger partial charge in [-0.05, 0) is 12.8 Å². The van der Waals surface area contributed by atoms with Crippen molar-refractivity contribution in [2.45, 2.75) is 57.6 Å². The topological polar surface area (TPSA) is 60.4 Å². The molecule has 20 heavy (non-hydrogen) atoms. The van der Waals surface area contributed by atoms with Gasteiger partial charge in [0.05, 0.1) is 12.1 Å². The van der Waals surface area contributed by atoms with Gasteiger partial charge >= 0.3 is 0 Å². The fourth-order valence-electron chi connectivity index (χ4n) is 2.41. The predicted molar refractivity (Wildman–Crippen MR) is 78.7 cm³/mol. The fourth-order valence-corrected chi connectivity index (χ4v) is 2.41. The Hall–Kier alpha value is -1.13. The molecule has 0 spiro atoms. The minimum atomic E-state index is -0.420. The van der Waals surface area contributed by atoms with E-state index in [2.05, 4.69) is 6.92 Å². The third kappa shape index (κ3) is 5.88. The molecule has 0 bridgehead atoms. The maximum absolute atomic E-state index is 11.8. The Morgan fingerprint density at radius 1 is 1.40 bits per heavy atom. The molecule has 0 aliphatic carbocycles. The van der Waals surface area contributed by atoms with Crippen LogP contribution in [0.4, 0.5) is 0 Å². The second-order valence-electron chi connectivity index (χ2n) is 5.24. The number of aliphatic hydroxyl groups excluding tert-OH is 1. The zero-order chi connectivity index (χ0) is 14.8. The number of carbonyl (C=O) groups is 1. The largest absolute Gasteiger partial charge is 0.389 e. The molecule has 1 heterocycles. The zero-order valence-electron chi connectivity index (χ0n) is 12.3. The number of hydrogen-bond donors (Lipinski definition) is 1. The SMILES string of the molecule is CCCCCC(O)/C=C/[C@H]1CCC(=O)N1C/C=C\C[O]. The van der Waals surface area contributed by atoms with Crippen LogP contribution in [-0.4, -0.2) is 41.2 Å². The summed E-state index contributed by atoms with van der Waals surface area (Å²) in [6, 6.07) is 0.0552. The van der Waals surface area contributed by atoms with Crippen molar-refractivity contribution in [3.8, 4) is 0 Å². The van der Waals surface area contributed by atoms with Crippen molar-refractivity contribution in [3.05, 3.63) is 24.3 Å². The second-order valence-corrected chi connectivity index (χ2v) is 5.24. The highest BCUT2D eigenvalue weighted by Gasteiger charge is 2.27. The lowest BCUT2D eigenvalue weighted by molar-refractivity contribution is -0.127. The summed E-state index contributed by atoms with van der Waals surface area (Å²) in [6.45, 7) is 2.38. The van der Waals surface area contributed by atoms with Crippen molar-refractivity contribution in [2.24, 2.45) is 0 Å². The van der Waals surface area contributed by atoms with E-state index in [4.69, 9.17) is 0 Å². The number of carbonyl (C=O) groups excluding carboxylic acids is 1. The van der Waals surface area contributed by atoms with Crippen LogP contribution in [0.1, 0.15) is 45.4 Å². The first-order chi connectivity index (χ1) is 9.69. The van der Waals surface area contributed by atoms with Crippen molar-refractivity contribution in [1.29, 1.82) is 0 Å². The molecule has 1 N–H and O–H groups in total. The smallest absolute Gasteiger partial charge is 0.223 e. The summed E-state index contributed by atoms with van der Waals surface area (Å²) in [5, 5.41) is 20.2. The van der Waals surface area contributed by atoms with E-state index in [1.807, 2.05) is 12.2 Å². The normalized spacial score (nSPS) is 21.4. The quantitative estimate of drug-likeness (QED) is 0.521. The molecule has 0 saturated carbocycles. The molecular weight excluding hydrogens is 254 g/mol. The maximum atomic E-state index is 11.8. The molecule has 1 aliphatic heterocycles. The molecule has 1 amide bonds. The van der Waals surface area contributed by atoms with Gasteiger partial charge in [0.1, 0.15) is 6.61 Å². The molecule has 1 aliphatic rings. The second kappa shape index (κ2) is 9.72. The molecule has 1 saturated heterocycles. The van der Waals surface area contributed by atoms with Crippen molar-refractivity contribution < 1.29 is 15.0 Å². The predicted octanol–water partition coefficient (Wildman–Crippen LogP) is 2.46. The molecule has 1 fully saturated rings. The highest BCUT2D eigenvalue weighted by Crippen LogP contribution is 2.20. The summed E-state index contributed by atoms with van der Waals surface area (Å²) in [4.78, 5) is 13.5. The van der Waals surface area contributed by atoms with E-state index in [1.54, 1.807) is 11.0 Å². The van der Waals surface area contributed by atoms with Crippen LogP contribution in [0.5, 0.6) is 0 Å². The summed E-state index contributed by atoms with van der Waals surface area (Å²) in [5.41, 5.74) is 0. The molecule has 1 unspecified atom stereocenters. The maximum Gasteiger partial charge on any atom is 0.223 e. The van der Waals surface area contributed by atoms with Crippen molar-refractivity contribution in [1.82, 2.24) is 4.90 Å². The third-order valence-electron chi connectivity index (χ3n) is 3.60. The highest BCUT2D eigenvalue weighted by atomic mass is 16.3. The molecular formula is C16H26NO3. The van der Waals surface area contributed by atoms with E-state index in [1.165, 1.54) is 6.08 Å². The van der Waals surface area contributed by atoms with Crippen LogP contribution in [-0.2, 0) is 9.90 Å². The van der Waals surface area contributed by atoms with Gasteiger partial charge in [-0.2, -0.15) is 0 Å². The minimum Gasteiger partial charge on any atom is -0.389 e. The Kier molecular flexibility index (Phi) is 8.23. The van der Waals surface area contributed by atoms with Crippen LogP contribution in [0.25, 0.3) is 0 Å². The van der Waals surface area contributed by atoms with Gasteiger partial charge in [0, 0.05) is 13.0 Å². The fraction of sp³-hybridized carbons (Fsp3) is 0.688. The standard InChI is InChI=1S/C16H26NO3/c1-2-3-4-7-15(19)10-8-14-9-11-16(20)17(14)12-5-6-13-18/h5-6,8,10,14-15,19H,2-4,7,9,11-13H2,1H3/b6-5-,10-8+/t14-,15?/m0/s1. The number of aliphatic hydroxyl groups is 1. The summed E-state index contributed by atoms with van der Waals surface area (Å²) >= 11 is 0. The first-order valence-electron chi connectivity index (χ1n) is 7.58. The van der Waals surface area contributed by atoms with Crippen LogP contribution in [0, 0.1) is 0 Å². The number of unbranched alkanes of at least 4 members (excludes halogenated alkanes) is 2. The van der Waals surface area contributed by atoms with Gasteiger partial charge in [0.15, 0.2) is 0 Å². The van der Waals surface area contributed by atoms with Crippen LogP contribution < -0.4 is 0 Å². The molecule has 113 valence electrons. The van der Waals surface area contributed by atoms with E-state index in [0.29, 0.717) is 13.0 Å². The van der Waals surface area contributed by atoms with Gasteiger partial charge in [-0.15, -0.1) is 0 Å². The Bertz CT molecular complexity index is 339. The molecule has 2 atom stereocenters. The number of likely N-dealkylation sites (tertiary alicyclic amines) is 1. The number of nitrogens with zero attached hydrogens (tertiary/aromatic N) is 1. The van der Waals surface area contributed by atoms with Gasteiger partial charge in [-0.3, -0.25) is 4.79 Å². The molecule has 1 radical (unpaired) electrons. The third-order valence-corrected chi connectivity index (χ3v) is 3.60. The number of hydrogen-bond acceptors (Lipinski definition) is 2. The molecule has 0 aromatic rings. The molecule has 0 aromatic carbocycles. The number of amides is 1. The zero-order valence-corrected chi connectivity index (χ0v) is 12.3. The minimum absolute atomic E-state index is 0.0552. The highest BCUT2D eigenvalue weighted by molar-refractivity contribution is 5.79. The summed E-state index contributed by atoms with van der Waals surface area (Å²) in [6.07, 6.45) is 12.0. The van der Waals surface area contributed by atoms with Crippen LogP contribution in [0.15, 0.2) is 24.3 Å². The Balaban J connectivity index is 2.43. The van der Waals surface area contributed by atoms with Crippen LogP contribution in [0.3, 0.4) is 0 Å². The van der Waals surface area contributed by atoms with Gasteiger partial charge in [-0.25, -0.2) is 5.11 Å². The van der Waals surface area contributed by atoms with Crippen LogP contribution >= 0.6 is 0 Å². The van der Waals surface area contributed by atoms with E-state index < -0.39 is 6.10 Å². The lowest BCUT2D eigenvalue weighted by Crippen LogP contribution is -2.32. The van der Waals surface area contributed by atoms with Crippen LogP contribution in [0.2, 0.25) is 0 Å². The lowest BCUT2D eigenvalue weighted by Gasteiger charge is -2.21. The lowest BCUT2D eigenvalue weighted by atomic mass is 10.1. The molecule has 4 heteroatoms. The first-order valence-corrected chi connectivity index (χ1v) is 7.58. The first kappa shape index (κ1) is 16.9. The molecule has 1 rings (SSSR count). The average Bonchev–Trinajstić information content (AvgIpc) is 2.78. The Morgan fingerprint density at radius 3 is 2.90 bits per heavy atom. The van der Waals surface area contributed by atoms with Gasteiger partial charge in [0.2, 0.25) is 5.91 Å². The van der Waals surface area contributed by atoms with E-state index in [0.717, 1.165) is 32.1 Å². The average molecular weight is 280 g/mol. The molecule has 4 nitrogen and oxygen atoms in total. The van der Waals surface area contributed by atoms with Crippen molar-refractivity contribution >= 4 is 5.91 Å². The monoisotopic (exact) mass is 280 g/mol. The van der Waals surface area contributed by atoms with Crippen molar-refractivity contribution in [3.63, 3.8) is 0 Å². The van der Waals surface area contributed by atoms with Gasteiger partial charge < -0.3 is 10.0 Å². The summed E-state index contributed by atoms with van der Waals surface area (Å²) in [7, 11) is 0. The number of rotatable bonds is 9. The van der Waals surface area contributed by atoms with Gasteiger partial charge in [0.25, 0.3) is 0 Å². The van der Waals surface area contributed by atoms with Gasteiger partial charge in [-0.1, -0.05) is 50.5 Å². The van der Waals surface area contributed by atoms with E-state index >= 15 is 0 Å². The van der Waals surface area contributed by atoms with E-state index in [-0.39, 0.29) is 18.6 Å². The Labute approximate surface area is 121 Å². The molecule has 0 aromatic heterocycles.